The van der Waals surface area contributed by atoms with Crippen molar-refractivity contribution in [2.45, 2.75) is 19.4 Å². The first kappa shape index (κ1) is 13.9. The molecule has 0 radical (unpaired) electrons. The normalized spacial score (nSPS) is 22.2. The molecule has 0 saturated carbocycles. The predicted octanol–water partition coefficient (Wildman–Crippen LogP) is 0.792. The molecule has 1 N–H and O–H groups in total. The first-order valence-corrected chi connectivity index (χ1v) is 6.45. The summed E-state index contributed by atoms with van der Waals surface area (Å²) in [6, 6.07) is 1.55. The number of nitrogens with zero attached hydrogens (tertiary/aromatic N) is 4. The Morgan fingerprint density at radius 3 is 2.79 bits per heavy atom. The Bertz CT molecular complexity index is 478. The van der Waals surface area contributed by atoms with Crippen LogP contribution in [0.4, 0.5) is 0 Å². The van der Waals surface area contributed by atoms with Crippen LogP contribution in [-0.4, -0.2) is 64.6 Å². The fourth-order valence-corrected chi connectivity index (χ4v) is 2.40. The van der Waals surface area contributed by atoms with E-state index in [0.717, 1.165) is 26.1 Å². The third kappa shape index (κ3) is 3.27. The molecule has 6 heteroatoms. The zero-order valence-electron chi connectivity index (χ0n) is 11.6. The van der Waals surface area contributed by atoms with Crippen LogP contribution >= 0.6 is 0 Å². The standard InChI is InChI=1S/C13H20N4O2/c1-9-7-10(13(18)19)15-12(14-9)11-8-16(2)5-4-6-17(11)3/h7,11H,4-6,8H2,1-3H3,(H,18,19). The number of hydrogen-bond donors (Lipinski definition) is 1. The maximum atomic E-state index is 11.1. The molecule has 1 saturated heterocycles. The minimum absolute atomic E-state index is 0.0468. The highest BCUT2D eigenvalue weighted by Gasteiger charge is 2.25. The lowest BCUT2D eigenvalue weighted by molar-refractivity contribution is 0.0689. The molecule has 6 nitrogen and oxygen atoms in total. The number of aryl methyl sites for hydroxylation is 1. The van der Waals surface area contributed by atoms with Crippen molar-refractivity contribution >= 4 is 5.97 Å². The maximum absolute atomic E-state index is 11.1. The van der Waals surface area contributed by atoms with E-state index in [-0.39, 0.29) is 11.7 Å². The summed E-state index contributed by atoms with van der Waals surface area (Å²) < 4.78 is 0. The first-order chi connectivity index (χ1) is 8.97. The summed E-state index contributed by atoms with van der Waals surface area (Å²) in [7, 11) is 4.11. The van der Waals surface area contributed by atoms with Gasteiger partial charge >= 0.3 is 5.97 Å². The molecular weight excluding hydrogens is 244 g/mol. The molecule has 1 unspecified atom stereocenters. The van der Waals surface area contributed by atoms with Crippen molar-refractivity contribution in [2.24, 2.45) is 0 Å². The van der Waals surface area contributed by atoms with E-state index in [0.29, 0.717) is 11.5 Å². The quantitative estimate of drug-likeness (QED) is 0.851. The number of aromatic carboxylic acids is 1. The van der Waals surface area contributed by atoms with Crippen LogP contribution in [0.15, 0.2) is 6.07 Å². The Hall–Kier alpha value is -1.53. The van der Waals surface area contributed by atoms with Crippen molar-refractivity contribution in [3.8, 4) is 0 Å². The van der Waals surface area contributed by atoms with Crippen LogP contribution in [0.25, 0.3) is 0 Å². The van der Waals surface area contributed by atoms with Gasteiger partial charge in [-0.3, -0.25) is 4.90 Å². The number of carboxylic acids is 1. The minimum Gasteiger partial charge on any atom is -0.477 e. The highest BCUT2D eigenvalue weighted by atomic mass is 16.4. The molecule has 1 fully saturated rings. The summed E-state index contributed by atoms with van der Waals surface area (Å²) in [6.07, 6.45) is 1.10. The first-order valence-electron chi connectivity index (χ1n) is 6.45. The summed E-state index contributed by atoms with van der Waals surface area (Å²) in [4.78, 5) is 24.2. The van der Waals surface area contributed by atoms with Crippen molar-refractivity contribution in [3.05, 3.63) is 23.3 Å². The third-order valence-electron chi connectivity index (χ3n) is 3.46. The van der Waals surface area contributed by atoms with Crippen LogP contribution in [0.3, 0.4) is 0 Å². The summed E-state index contributed by atoms with van der Waals surface area (Å²) in [6.45, 7) is 4.63. The second-order valence-electron chi connectivity index (χ2n) is 5.17. The Kier molecular flexibility index (Phi) is 4.11. The van der Waals surface area contributed by atoms with E-state index in [4.69, 9.17) is 5.11 Å². The van der Waals surface area contributed by atoms with Crippen LogP contribution in [0.2, 0.25) is 0 Å². The van der Waals surface area contributed by atoms with Gasteiger partial charge in [-0.25, -0.2) is 14.8 Å². The lowest BCUT2D eigenvalue weighted by atomic mass is 10.2. The van der Waals surface area contributed by atoms with E-state index in [1.807, 2.05) is 7.05 Å². The zero-order valence-corrected chi connectivity index (χ0v) is 11.6. The molecule has 0 spiro atoms. The maximum Gasteiger partial charge on any atom is 0.354 e. The van der Waals surface area contributed by atoms with Crippen LogP contribution in [0, 0.1) is 6.92 Å². The predicted molar refractivity (Wildman–Crippen MR) is 71.2 cm³/mol. The van der Waals surface area contributed by atoms with E-state index < -0.39 is 5.97 Å². The number of hydrogen-bond acceptors (Lipinski definition) is 5. The van der Waals surface area contributed by atoms with Crippen molar-refractivity contribution in [2.75, 3.05) is 33.7 Å². The molecule has 2 rings (SSSR count). The minimum atomic E-state index is -1.00. The summed E-state index contributed by atoms with van der Waals surface area (Å²) in [5.41, 5.74) is 0.769. The Labute approximate surface area is 113 Å². The third-order valence-corrected chi connectivity index (χ3v) is 3.46. The van der Waals surface area contributed by atoms with Gasteiger partial charge in [-0.2, -0.15) is 0 Å². The van der Waals surface area contributed by atoms with Gasteiger partial charge in [0.1, 0.15) is 5.82 Å². The second kappa shape index (κ2) is 5.63. The molecule has 0 amide bonds. The van der Waals surface area contributed by atoms with Gasteiger partial charge in [0, 0.05) is 12.2 Å². The number of rotatable bonds is 2. The number of carbonyl (C=O) groups is 1. The van der Waals surface area contributed by atoms with Gasteiger partial charge in [0.15, 0.2) is 5.69 Å². The smallest absolute Gasteiger partial charge is 0.354 e. The van der Waals surface area contributed by atoms with Crippen molar-refractivity contribution < 1.29 is 9.90 Å². The molecule has 1 aliphatic heterocycles. The summed E-state index contributed by atoms with van der Waals surface area (Å²) >= 11 is 0. The van der Waals surface area contributed by atoms with Gasteiger partial charge < -0.3 is 10.0 Å². The number of likely N-dealkylation sites (N-methyl/N-ethyl adjacent to an activating group) is 2. The topological polar surface area (TPSA) is 69.6 Å². The van der Waals surface area contributed by atoms with Crippen molar-refractivity contribution in [3.63, 3.8) is 0 Å². The van der Waals surface area contributed by atoms with Crippen molar-refractivity contribution in [1.29, 1.82) is 0 Å². The SMILES string of the molecule is Cc1cc(C(=O)O)nc(C2CN(C)CCCN2C)n1. The van der Waals surface area contributed by atoms with Crippen LogP contribution < -0.4 is 0 Å². The lowest BCUT2D eigenvalue weighted by Gasteiger charge is -2.26. The largest absolute Gasteiger partial charge is 0.477 e. The van der Waals surface area contributed by atoms with E-state index in [9.17, 15) is 4.79 Å². The average Bonchev–Trinajstić information content (AvgIpc) is 2.50. The highest BCUT2D eigenvalue weighted by molar-refractivity contribution is 5.85. The van der Waals surface area contributed by atoms with Crippen LogP contribution in [0.5, 0.6) is 0 Å². The van der Waals surface area contributed by atoms with Crippen LogP contribution in [-0.2, 0) is 0 Å². The molecule has 1 aliphatic rings. The van der Waals surface area contributed by atoms with E-state index in [1.165, 1.54) is 6.07 Å². The Morgan fingerprint density at radius 1 is 1.37 bits per heavy atom. The molecule has 1 atom stereocenters. The molecule has 0 aromatic carbocycles. The van der Waals surface area contributed by atoms with Gasteiger partial charge in [0.2, 0.25) is 0 Å². The van der Waals surface area contributed by atoms with Gasteiger partial charge in [-0.1, -0.05) is 0 Å². The molecule has 19 heavy (non-hydrogen) atoms. The highest BCUT2D eigenvalue weighted by Crippen LogP contribution is 2.20. The fourth-order valence-electron chi connectivity index (χ4n) is 2.40. The fraction of sp³-hybridized carbons (Fsp3) is 0.615. The number of aromatic nitrogens is 2. The molecule has 104 valence electrons. The van der Waals surface area contributed by atoms with Crippen LogP contribution in [0.1, 0.15) is 34.5 Å². The van der Waals surface area contributed by atoms with E-state index in [1.54, 1.807) is 6.92 Å². The molecule has 2 heterocycles. The van der Waals surface area contributed by atoms with E-state index >= 15 is 0 Å². The zero-order chi connectivity index (χ0) is 14.0. The monoisotopic (exact) mass is 264 g/mol. The Morgan fingerprint density at radius 2 is 2.11 bits per heavy atom. The van der Waals surface area contributed by atoms with Gasteiger partial charge in [-0.05, 0) is 46.6 Å². The second-order valence-corrected chi connectivity index (χ2v) is 5.17. The molecule has 0 aliphatic carbocycles. The molecular formula is C13H20N4O2. The summed E-state index contributed by atoms with van der Waals surface area (Å²) in [5.74, 6) is -0.398. The lowest BCUT2D eigenvalue weighted by Crippen LogP contribution is -2.32. The summed E-state index contributed by atoms with van der Waals surface area (Å²) in [5, 5.41) is 9.09. The molecule has 1 aromatic rings. The average molecular weight is 264 g/mol. The van der Waals surface area contributed by atoms with Gasteiger partial charge in [-0.15, -0.1) is 0 Å². The van der Waals surface area contributed by atoms with Gasteiger partial charge in [0.25, 0.3) is 0 Å². The van der Waals surface area contributed by atoms with Crippen molar-refractivity contribution in [1.82, 2.24) is 19.8 Å². The van der Waals surface area contributed by atoms with E-state index in [2.05, 4.69) is 26.8 Å². The molecule has 0 bridgehead atoms. The van der Waals surface area contributed by atoms with Gasteiger partial charge in [0.05, 0.1) is 6.04 Å². The Balaban J connectivity index is 2.35. The number of carboxylic acid groups (broad SMARTS) is 1. The molecule has 1 aromatic heterocycles.